The number of amides is 4. The maximum Gasteiger partial charge on any atom is 0.325 e. The van der Waals surface area contributed by atoms with E-state index in [1.807, 2.05) is 17.5 Å². The van der Waals surface area contributed by atoms with Crippen LogP contribution in [0.4, 0.5) is 4.79 Å². The summed E-state index contributed by atoms with van der Waals surface area (Å²) in [6, 6.07) is 3.46. The van der Waals surface area contributed by atoms with E-state index >= 15 is 0 Å². The molecule has 0 atom stereocenters. The van der Waals surface area contributed by atoms with Gasteiger partial charge >= 0.3 is 6.03 Å². The number of hydrogen-bond donors (Lipinski definition) is 1. The van der Waals surface area contributed by atoms with Crippen LogP contribution in [0.25, 0.3) is 0 Å². The molecule has 2 heterocycles. The molecule has 1 aromatic heterocycles. The summed E-state index contributed by atoms with van der Waals surface area (Å²) in [4.78, 5) is 41.1. The van der Waals surface area contributed by atoms with Crippen LogP contribution in [-0.4, -0.2) is 46.8 Å². The third-order valence-electron chi connectivity index (χ3n) is 5.07. The van der Waals surface area contributed by atoms with E-state index in [2.05, 4.69) is 12.2 Å². The number of rotatable bonds is 4. The molecule has 1 saturated heterocycles. The van der Waals surface area contributed by atoms with E-state index in [1.165, 1.54) is 0 Å². The molecule has 4 amide bonds. The minimum atomic E-state index is -0.782. The van der Waals surface area contributed by atoms with Crippen LogP contribution in [-0.2, 0) is 16.1 Å². The number of hydrogen-bond acceptors (Lipinski definition) is 4. The van der Waals surface area contributed by atoms with Gasteiger partial charge in [-0.3, -0.25) is 14.5 Å². The number of imide groups is 1. The Kier molecular flexibility index (Phi) is 4.62. The minimum absolute atomic E-state index is 0.191. The van der Waals surface area contributed by atoms with Gasteiger partial charge < -0.3 is 10.2 Å². The van der Waals surface area contributed by atoms with Gasteiger partial charge in [0, 0.05) is 11.9 Å². The Morgan fingerprint density at radius 1 is 1.42 bits per heavy atom. The van der Waals surface area contributed by atoms with E-state index in [1.54, 1.807) is 23.3 Å². The fourth-order valence-electron chi connectivity index (χ4n) is 3.39. The Morgan fingerprint density at radius 2 is 2.12 bits per heavy atom. The summed E-state index contributed by atoms with van der Waals surface area (Å²) in [5, 5.41) is 4.81. The lowest BCUT2D eigenvalue weighted by Gasteiger charge is -2.33. The lowest BCUT2D eigenvalue weighted by Crippen LogP contribution is -2.49. The molecule has 1 aliphatic heterocycles. The van der Waals surface area contributed by atoms with Crippen LogP contribution in [0.1, 0.15) is 37.5 Å². The highest BCUT2D eigenvalue weighted by atomic mass is 32.1. The summed E-state index contributed by atoms with van der Waals surface area (Å²) < 4.78 is 0. The number of thiophene rings is 1. The molecule has 6 nitrogen and oxygen atoms in total. The van der Waals surface area contributed by atoms with Crippen LogP contribution in [0.3, 0.4) is 0 Å². The average Bonchev–Trinajstić information content (AvgIpc) is 3.13. The van der Waals surface area contributed by atoms with E-state index < -0.39 is 11.6 Å². The standard InChI is InChI=1S/C17H23N3O3S/c1-12-5-7-17(8-6-12)15(22)20(16(23)18-17)11-14(21)19(2)10-13-4-3-9-24-13/h3-4,9,12H,5-8,10-11H2,1-2H3,(H,18,23). The van der Waals surface area contributed by atoms with Crippen molar-refractivity contribution in [3.05, 3.63) is 22.4 Å². The van der Waals surface area contributed by atoms with Crippen LogP contribution in [0, 0.1) is 5.92 Å². The lowest BCUT2D eigenvalue weighted by atomic mass is 9.77. The number of urea groups is 1. The maximum atomic E-state index is 12.7. The fraction of sp³-hybridized carbons (Fsp3) is 0.588. The third kappa shape index (κ3) is 3.17. The molecule has 0 radical (unpaired) electrons. The first-order valence-electron chi connectivity index (χ1n) is 8.32. The van der Waals surface area contributed by atoms with Crippen molar-refractivity contribution in [3.8, 4) is 0 Å². The summed E-state index contributed by atoms with van der Waals surface area (Å²) in [6.07, 6.45) is 3.17. The summed E-state index contributed by atoms with van der Waals surface area (Å²) in [6.45, 7) is 2.46. The van der Waals surface area contributed by atoms with Gasteiger partial charge in [-0.25, -0.2) is 4.79 Å². The zero-order valence-electron chi connectivity index (χ0n) is 14.1. The minimum Gasteiger partial charge on any atom is -0.339 e. The van der Waals surface area contributed by atoms with Crippen molar-refractivity contribution >= 4 is 29.2 Å². The molecule has 0 aromatic carbocycles. The quantitative estimate of drug-likeness (QED) is 0.847. The van der Waals surface area contributed by atoms with Crippen LogP contribution in [0.5, 0.6) is 0 Å². The average molecular weight is 349 g/mol. The zero-order chi connectivity index (χ0) is 17.3. The number of nitrogens with one attached hydrogen (secondary N) is 1. The molecule has 3 rings (SSSR count). The molecule has 1 aliphatic carbocycles. The van der Waals surface area contributed by atoms with Gasteiger partial charge in [-0.15, -0.1) is 11.3 Å². The predicted octanol–water partition coefficient (Wildman–Crippen LogP) is 2.21. The second kappa shape index (κ2) is 6.55. The van der Waals surface area contributed by atoms with Crippen LogP contribution < -0.4 is 5.32 Å². The van der Waals surface area contributed by atoms with Gasteiger partial charge in [0.1, 0.15) is 12.1 Å². The molecule has 0 bridgehead atoms. The second-order valence-electron chi connectivity index (χ2n) is 6.92. The highest BCUT2D eigenvalue weighted by Gasteiger charge is 2.52. The monoisotopic (exact) mass is 349 g/mol. The molecule has 24 heavy (non-hydrogen) atoms. The van der Waals surface area contributed by atoms with Gasteiger partial charge in [-0.05, 0) is 43.0 Å². The number of likely N-dealkylation sites (N-methyl/N-ethyl adjacent to an activating group) is 1. The Morgan fingerprint density at radius 3 is 2.75 bits per heavy atom. The molecule has 1 N–H and O–H groups in total. The Bertz CT molecular complexity index is 636. The highest BCUT2D eigenvalue weighted by Crippen LogP contribution is 2.36. The van der Waals surface area contributed by atoms with Crippen molar-refractivity contribution in [3.63, 3.8) is 0 Å². The third-order valence-corrected chi connectivity index (χ3v) is 5.93. The van der Waals surface area contributed by atoms with Crippen molar-refractivity contribution in [2.24, 2.45) is 5.92 Å². The summed E-state index contributed by atoms with van der Waals surface area (Å²) in [5.41, 5.74) is -0.782. The van der Waals surface area contributed by atoms with Crippen LogP contribution in [0.15, 0.2) is 17.5 Å². The predicted molar refractivity (Wildman–Crippen MR) is 91.4 cm³/mol. The molecular formula is C17H23N3O3S. The van der Waals surface area contributed by atoms with Crippen molar-refractivity contribution in [1.82, 2.24) is 15.1 Å². The molecule has 0 unspecified atom stereocenters. The van der Waals surface area contributed by atoms with Gasteiger partial charge in [-0.1, -0.05) is 13.0 Å². The van der Waals surface area contributed by atoms with E-state index in [9.17, 15) is 14.4 Å². The molecule has 1 saturated carbocycles. The van der Waals surface area contributed by atoms with Gasteiger partial charge in [-0.2, -0.15) is 0 Å². The number of carbonyl (C=O) groups is 3. The van der Waals surface area contributed by atoms with E-state index in [4.69, 9.17) is 0 Å². The molecule has 1 aromatic rings. The highest BCUT2D eigenvalue weighted by molar-refractivity contribution is 7.09. The van der Waals surface area contributed by atoms with Crippen molar-refractivity contribution in [1.29, 1.82) is 0 Å². The van der Waals surface area contributed by atoms with Crippen LogP contribution in [0.2, 0.25) is 0 Å². The molecule has 1 spiro atoms. The van der Waals surface area contributed by atoms with Gasteiger partial charge in [0.2, 0.25) is 5.91 Å². The van der Waals surface area contributed by atoms with E-state index in [0.717, 1.165) is 22.6 Å². The summed E-state index contributed by atoms with van der Waals surface area (Å²) in [7, 11) is 1.69. The normalized spacial score (nSPS) is 26.8. The zero-order valence-corrected chi connectivity index (χ0v) is 14.9. The molecule has 130 valence electrons. The van der Waals surface area contributed by atoms with Crippen LogP contribution >= 0.6 is 11.3 Å². The summed E-state index contributed by atoms with van der Waals surface area (Å²) >= 11 is 1.58. The SMILES string of the molecule is CC1CCC2(CC1)NC(=O)N(CC(=O)N(C)Cc1cccs1)C2=O. The first-order chi connectivity index (χ1) is 11.4. The number of carbonyl (C=O) groups excluding carboxylic acids is 3. The molecular weight excluding hydrogens is 326 g/mol. The first kappa shape index (κ1) is 17.0. The van der Waals surface area contributed by atoms with Crippen molar-refractivity contribution < 1.29 is 14.4 Å². The first-order valence-corrected chi connectivity index (χ1v) is 9.20. The Labute approximate surface area is 145 Å². The Balaban J connectivity index is 1.63. The summed E-state index contributed by atoms with van der Waals surface area (Å²) in [5.74, 6) is 0.110. The Hall–Kier alpha value is -1.89. The van der Waals surface area contributed by atoms with Crippen molar-refractivity contribution in [2.75, 3.05) is 13.6 Å². The second-order valence-corrected chi connectivity index (χ2v) is 7.95. The molecule has 2 fully saturated rings. The van der Waals surface area contributed by atoms with Gasteiger partial charge in [0.25, 0.3) is 5.91 Å². The number of nitrogens with zero attached hydrogens (tertiary/aromatic N) is 2. The maximum absolute atomic E-state index is 12.7. The fourth-order valence-corrected chi connectivity index (χ4v) is 4.15. The van der Waals surface area contributed by atoms with Gasteiger partial charge in [0.05, 0.1) is 6.54 Å². The smallest absolute Gasteiger partial charge is 0.325 e. The van der Waals surface area contributed by atoms with Crippen molar-refractivity contribution in [2.45, 2.75) is 44.7 Å². The van der Waals surface area contributed by atoms with E-state index in [0.29, 0.717) is 25.3 Å². The van der Waals surface area contributed by atoms with Gasteiger partial charge in [0.15, 0.2) is 0 Å². The molecule has 7 heteroatoms. The van der Waals surface area contributed by atoms with E-state index in [-0.39, 0.29) is 18.4 Å². The lowest BCUT2D eigenvalue weighted by molar-refractivity contribution is -0.139. The molecule has 2 aliphatic rings. The largest absolute Gasteiger partial charge is 0.339 e. The topological polar surface area (TPSA) is 69.7 Å².